The summed E-state index contributed by atoms with van der Waals surface area (Å²) in [6.45, 7) is 2.73. The molecular formula is C5H8O. The van der Waals surface area contributed by atoms with E-state index >= 15 is 0 Å². The predicted octanol–water partition coefficient (Wildman–Crippen LogP) is 1.16. The minimum Gasteiger partial charge on any atom is -0.376 e. The van der Waals surface area contributed by atoms with Gasteiger partial charge in [-0.15, -0.1) is 0 Å². The Hall–Kier alpha value is -0.0400. The molecule has 0 atom stereocenters. The van der Waals surface area contributed by atoms with Crippen LogP contribution >= 0.6 is 0 Å². The Morgan fingerprint density at radius 1 is 1.50 bits per heavy atom. The van der Waals surface area contributed by atoms with Crippen LogP contribution in [0, 0.1) is 13.0 Å². The maximum absolute atomic E-state index is 4.91. The monoisotopic (exact) mass is 84.1 g/mol. The van der Waals surface area contributed by atoms with Crippen molar-refractivity contribution in [2.45, 2.75) is 12.8 Å². The predicted molar refractivity (Wildman–Crippen MR) is 23.8 cm³/mol. The molecule has 34 valence electrons. The summed E-state index contributed by atoms with van der Waals surface area (Å²) in [6.07, 6.45) is 4.36. The van der Waals surface area contributed by atoms with Crippen LogP contribution in [0.3, 0.4) is 0 Å². The van der Waals surface area contributed by atoms with Crippen molar-refractivity contribution < 1.29 is 4.74 Å². The number of ether oxygens (including phenoxy) is 1. The number of hydrogen-bond donors (Lipinski definition) is 0. The van der Waals surface area contributed by atoms with Gasteiger partial charge in [-0.25, -0.2) is 0 Å². The molecule has 0 aromatic heterocycles. The lowest BCUT2D eigenvalue weighted by molar-refractivity contribution is 0.177. The van der Waals surface area contributed by atoms with E-state index in [0.29, 0.717) is 0 Å². The van der Waals surface area contributed by atoms with E-state index in [2.05, 4.69) is 6.42 Å². The molecule has 1 aliphatic rings. The van der Waals surface area contributed by atoms with E-state index in [4.69, 9.17) is 4.74 Å². The van der Waals surface area contributed by atoms with E-state index in [1.54, 1.807) is 0 Å². The van der Waals surface area contributed by atoms with Gasteiger partial charge in [-0.2, -0.15) is 0 Å². The first kappa shape index (κ1) is 4.13. The van der Waals surface area contributed by atoms with Crippen molar-refractivity contribution in [1.82, 2.24) is 0 Å². The fourth-order valence-corrected chi connectivity index (χ4v) is 0.489. The Morgan fingerprint density at radius 3 is 2.67 bits per heavy atom. The van der Waals surface area contributed by atoms with Gasteiger partial charge in [0.1, 0.15) is 0 Å². The fraction of sp³-hybridized carbons (Fsp3) is 0.600. The van der Waals surface area contributed by atoms with Crippen LogP contribution < -0.4 is 0 Å². The molecule has 1 fully saturated rings. The van der Waals surface area contributed by atoms with E-state index in [9.17, 15) is 0 Å². The lowest BCUT2D eigenvalue weighted by Crippen LogP contribution is -1.98. The van der Waals surface area contributed by atoms with Gasteiger partial charge in [0.2, 0.25) is 0 Å². The molecular weight excluding hydrogens is 76.1 g/mol. The van der Waals surface area contributed by atoms with Crippen LogP contribution in [0.4, 0.5) is 0 Å². The SMILES string of the molecule is [CH]1C[CH]OCC1. The molecule has 0 aliphatic carbocycles. The van der Waals surface area contributed by atoms with Crippen molar-refractivity contribution >= 4 is 0 Å². The average Bonchev–Trinajstić information content (AvgIpc) is 1.72. The van der Waals surface area contributed by atoms with Crippen molar-refractivity contribution in [3.8, 4) is 0 Å². The smallest absolute Gasteiger partial charge is 0.0839 e. The van der Waals surface area contributed by atoms with E-state index < -0.39 is 0 Å². The summed E-state index contributed by atoms with van der Waals surface area (Å²) >= 11 is 0. The van der Waals surface area contributed by atoms with Crippen molar-refractivity contribution in [1.29, 1.82) is 0 Å². The van der Waals surface area contributed by atoms with Crippen molar-refractivity contribution in [2.24, 2.45) is 0 Å². The molecule has 2 radical (unpaired) electrons. The highest BCUT2D eigenvalue weighted by Gasteiger charge is 1.96. The van der Waals surface area contributed by atoms with Gasteiger partial charge in [0.15, 0.2) is 0 Å². The molecule has 0 unspecified atom stereocenters. The zero-order valence-electron chi connectivity index (χ0n) is 3.68. The van der Waals surface area contributed by atoms with Gasteiger partial charge >= 0.3 is 0 Å². The van der Waals surface area contributed by atoms with Gasteiger partial charge in [-0.05, 0) is 19.3 Å². The highest BCUT2D eigenvalue weighted by atomic mass is 16.5. The van der Waals surface area contributed by atoms with Crippen molar-refractivity contribution in [3.05, 3.63) is 13.0 Å². The quantitative estimate of drug-likeness (QED) is 0.428. The van der Waals surface area contributed by atoms with Crippen LogP contribution in [-0.4, -0.2) is 6.61 Å². The summed E-state index contributed by atoms with van der Waals surface area (Å²) in [5.41, 5.74) is 0. The van der Waals surface area contributed by atoms with E-state index in [-0.39, 0.29) is 0 Å². The van der Waals surface area contributed by atoms with Crippen LogP contribution in [0.5, 0.6) is 0 Å². The van der Waals surface area contributed by atoms with Crippen molar-refractivity contribution in [2.75, 3.05) is 6.61 Å². The van der Waals surface area contributed by atoms with Crippen LogP contribution in [0.2, 0.25) is 0 Å². The minimum atomic E-state index is 0.889. The van der Waals surface area contributed by atoms with Crippen LogP contribution in [0.1, 0.15) is 12.8 Å². The third kappa shape index (κ3) is 0.977. The fourth-order valence-electron chi connectivity index (χ4n) is 0.489. The summed E-state index contributed by atoms with van der Waals surface area (Å²) in [5.74, 6) is 0. The van der Waals surface area contributed by atoms with Crippen LogP contribution in [-0.2, 0) is 4.74 Å². The Kier molecular flexibility index (Phi) is 1.51. The Balaban J connectivity index is 2.00. The first-order valence-electron chi connectivity index (χ1n) is 2.25. The molecule has 0 spiro atoms. The molecule has 1 saturated heterocycles. The second kappa shape index (κ2) is 2.19. The Labute approximate surface area is 38.3 Å². The third-order valence-corrected chi connectivity index (χ3v) is 0.821. The van der Waals surface area contributed by atoms with Gasteiger partial charge in [-0.1, -0.05) is 0 Å². The minimum absolute atomic E-state index is 0.889. The molecule has 0 amide bonds. The van der Waals surface area contributed by atoms with E-state index in [1.807, 2.05) is 6.61 Å². The standard InChI is InChI=1S/C5H8O/c1-2-4-6-5-3-1/h1,4H,2-3,5H2. The van der Waals surface area contributed by atoms with Gasteiger partial charge in [0, 0.05) is 6.61 Å². The molecule has 0 bridgehead atoms. The molecule has 0 saturated carbocycles. The lowest BCUT2D eigenvalue weighted by Gasteiger charge is -2.06. The summed E-state index contributed by atoms with van der Waals surface area (Å²) in [6, 6.07) is 0. The van der Waals surface area contributed by atoms with E-state index in [1.165, 1.54) is 0 Å². The third-order valence-electron chi connectivity index (χ3n) is 0.821. The second-order valence-electron chi connectivity index (χ2n) is 1.35. The normalized spacial score (nSPS) is 24.0. The molecule has 0 aromatic rings. The maximum Gasteiger partial charge on any atom is 0.0839 e. The van der Waals surface area contributed by atoms with Crippen LogP contribution in [0.25, 0.3) is 0 Å². The number of rotatable bonds is 0. The average molecular weight is 84.1 g/mol. The molecule has 0 N–H and O–H groups in total. The molecule has 6 heavy (non-hydrogen) atoms. The van der Waals surface area contributed by atoms with Crippen LogP contribution in [0.15, 0.2) is 0 Å². The molecule has 1 heteroatoms. The molecule has 1 rings (SSSR count). The highest BCUT2D eigenvalue weighted by molar-refractivity contribution is 4.73. The Morgan fingerprint density at radius 2 is 2.50 bits per heavy atom. The molecule has 0 aromatic carbocycles. The zero-order valence-corrected chi connectivity index (χ0v) is 3.68. The van der Waals surface area contributed by atoms with Gasteiger partial charge < -0.3 is 4.74 Å². The molecule has 1 heterocycles. The second-order valence-corrected chi connectivity index (χ2v) is 1.35. The summed E-state index contributed by atoms with van der Waals surface area (Å²) < 4.78 is 4.91. The highest BCUT2D eigenvalue weighted by Crippen LogP contribution is 2.04. The largest absolute Gasteiger partial charge is 0.376 e. The summed E-state index contributed by atoms with van der Waals surface area (Å²) in [4.78, 5) is 0. The zero-order chi connectivity index (χ0) is 4.24. The van der Waals surface area contributed by atoms with Gasteiger partial charge in [-0.3, -0.25) is 0 Å². The van der Waals surface area contributed by atoms with Gasteiger partial charge in [0.25, 0.3) is 0 Å². The lowest BCUT2D eigenvalue weighted by atomic mass is 10.2. The molecule has 1 aliphatic heterocycles. The first-order valence-corrected chi connectivity index (χ1v) is 2.25. The number of hydrogen-bond acceptors (Lipinski definition) is 1. The van der Waals surface area contributed by atoms with E-state index in [0.717, 1.165) is 19.4 Å². The summed E-state index contributed by atoms with van der Waals surface area (Å²) in [5, 5.41) is 0. The van der Waals surface area contributed by atoms with Gasteiger partial charge in [0.05, 0.1) is 6.61 Å². The topological polar surface area (TPSA) is 9.23 Å². The Bertz CT molecular complexity index is 19.4. The van der Waals surface area contributed by atoms with Crippen molar-refractivity contribution in [3.63, 3.8) is 0 Å². The molecule has 1 nitrogen and oxygen atoms in total. The first-order chi connectivity index (χ1) is 3.00. The summed E-state index contributed by atoms with van der Waals surface area (Å²) in [7, 11) is 0. The maximum atomic E-state index is 4.91.